The van der Waals surface area contributed by atoms with E-state index in [0.717, 1.165) is 22.0 Å². The number of hydrogen-bond donors (Lipinski definition) is 2. The Labute approximate surface area is 105 Å². The van der Waals surface area contributed by atoms with Crippen LogP contribution < -0.4 is 11.3 Å². The second-order valence-corrected chi connectivity index (χ2v) is 4.35. The van der Waals surface area contributed by atoms with E-state index in [1.807, 2.05) is 42.9 Å². The summed E-state index contributed by atoms with van der Waals surface area (Å²) in [5.74, 6) is 6.46. The van der Waals surface area contributed by atoms with E-state index >= 15 is 0 Å². The van der Waals surface area contributed by atoms with Crippen LogP contribution in [0.15, 0.2) is 30.6 Å². The van der Waals surface area contributed by atoms with Crippen molar-refractivity contribution < 1.29 is 0 Å². The van der Waals surface area contributed by atoms with E-state index in [4.69, 9.17) is 17.4 Å². The van der Waals surface area contributed by atoms with Crippen LogP contribution in [0.25, 0.3) is 0 Å². The maximum atomic E-state index is 6.30. The largest absolute Gasteiger partial charge is 0.336 e. The average Bonchev–Trinajstić information content (AvgIpc) is 2.72. The molecule has 1 atom stereocenters. The lowest BCUT2D eigenvalue weighted by Crippen LogP contribution is -2.31. The summed E-state index contributed by atoms with van der Waals surface area (Å²) in [7, 11) is 1.93. The molecule has 2 aromatic rings. The predicted molar refractivity (Wildman–Crippen MR) is 68.6 cm³/mol. The lowest BCUT2D eigenvalue weighted by Gasteiger charge is -2.18. The smallest absolute Gasteiger partial charge is 0.131 e. The molecule has 1 aromatic carbocycles. The molecule has 0 saturated carbocycles. The first-order valence-electron chi connectivity index (χ1n) is 5.33. The number of imidazole rings is 1. The Hall–Kier alpha value is -1.36. The molecule has 4 nitrogen and oxygen atoms in total. The summed E-state index contributed by atoms with van der Waals surface area (Å²) in [6.07, 6.45) is 3.62. The van der Waals surface area contributed by atoms with Crippen molar-refractivity contribution in [1.29, 1.82) is 0 Å². The molecule has 0 saturated heterocycles. The Morgan fingerprint density at radius 1 is 1.47 bits per heavy atom. The minimum Gasteiger partial charge on any atom is -0.336 e. The van der Waals surface area contributed by atoms with E-state index < -0.39 is 0 Å². The van der Waals surface area contributed by atoms with E-state index in [2.05, 4.69) is 10.4 Å². The van der Waals surface area contributed by atoms with Gasteiger partial charge in [0.1, 0.15) is 11.9 Å². The van der Waals surface area contributed by atoms with E-state index in [0.29, 0.717) is 0 Å². The second-order valence-electron chi connectivity index (χ2n) is 3.97. The molecule has 0 aliphatic heterocycles. The summed E-state index contributed by atoms with van der Waals surface area (Å²) in [5.41, 5.74) is 4.72. The van der Waals surface area contributed by atoms with Crippen LogP contribution in [-0.4, -0.2) is 9.55 Å². The summed E-state index contributed by atoms with van der Waals surface area (Å²) in [6, 6.07) is 5.68. The third-order valence-corrected chi connectivity index (χ3v) is 3.33. The number of nitrogens with one attached hydrogen (secondary N) is 1. The summed E-state index contributed by atoms with van der Waals surface area (Å²) >= 11 is 6.30. The molecule has 3 N–H and O–H groups in total. The Bertz CT molecular complexity index is 521. The number of nitrogens with two attached hydrogens (primary N) is 1. The highest BCUT2D eigenvalue weighted by atomic mass is 35.5. The molecule has 0 aliphatic carbocycles. The first-order valence-corrected chi connectivity index (χ1v) is 5.71. The van der Waals surface area contributed by atoms with Crippen molar-refractivity contribution in [3.8, 4) is 0 Å². The fraction of sp³-hybridized carbons (Fsp3) is 0.250. The lowest BCUT2D eigenvalue weighted by molar-refractivity contribution is 0.580. The Morgan fingerprint density at radius 2 is 2.24 bits per heavy atom. The molecule has 1 unspecified atom stereocenters. The quantitative estimate of drug-likeness (QED) is 0.647. The van der Waals surface area contributed by atoms with Gasteiger partial charge < -0.3 is 4.57 Å². The number of halogens is 1. The van der Waals surface area contributed by atoms with E-state index in [9.17, 15) is 0 Å². The first kappa shape index (κ1) is 12.1. The molecular weight excluding hydrogens is 236 g/mol. The fourth-order valence-corrected chi connectivity index (χ4v) is 2.09. The van der Waals surface area contributed by atoms with E-state index in [-0.39, 0.29) is 6.04 Å². The Balaban J connectivity index is 2.50. The van der Waals surface area contributed by atoms with Crippen LogP contribution in [0.2, 0.25) is 5.02 Å². The first-order chi connectivity index (χ1) is 8.15. The SMILES string of the molecule is Cc1cccc(C(NN)c2nccn2C)c1Cl. The van der Waals surface area contributed by atoms with Crippen LogP contribution >= 0.6 is 11.6 Å². The molecule has 0 spiro atoms. The standard InChI is InChI=1S/C12H15ClN4/c1-8-4-3-5-9(10(8)13)11(16-14)12-15-6-7-17(12)2/h3-7,11,16H,14H2,1-2H3. The molecule has 0 aliphatic rings. The van der Waals surface area contributed by atoms with Gasteiger partial charge in [0.15, 0.2) is 0 Å². The van der Waals surface area contributed by atoms with Crippen LogP contribution in [0, 0.1) is 6.92 Å². The van der Waals surface area contributed by atoms with Crippen molar-refractivity contribution in [3.63, 3.8) is 0 Å². The number of hydrogen-bond acceptors (Lipinski definition) is 3. The van der Waals surface area contributed by atoms with Gasteiger partial charge in [-0.05, 0) is 18.1 Å². The highest BCUT2D eigenvalue weighted by Crippen LogP contribution is 2.28. The summed E-state index contributed by atoms with van der Waals surface area (Å²) in [6.45, 7) is 1.97. The maximum Gasteiger partial charge on any atom is 0.131 e. The van der Waals surface area contributed by atoms with Crippen molar-refractivity contribution in [2.24, 2.45) is 12.9 Å². The molecule has 0 amide bonds. The molecule has 90 valence electrons. The van der Waals surface area contributed by atoms with Gasteiger partial charge in [-0.25, -0.2) is 10.4 Å². The third kappa shape index (κ3) is 2.20. The molecule has 0 radical (unpaired) electrons. The molecule has 2 rings (SSSR count). The second kappa shape index (κ2) is 4.87. The monoisotopic (exact) mass is 250 g/mol. The summed E-state index contributed by atoms with van der Waals surface area (Å²) in [5, 5.41) is 0.721. The van der Waals surface area contributed by atoms with Gasteiger partial charge in [0.05, 0.1) is 0 Å². The molecular formula is C12H15ClN4. The molecule has 0 bridgehead atoms. The number of hydrazine groups is 1. The highest BCUT2D eigenvalue weighted by Gasteiger charge is 2.19. The van der Waals surface area contributed by atoms with Gasteiger partial charge in [-0.2, -0.15) is 0 Å². The van der Waals surface area contributed by atoms with Gasteiger partial charge in [-0.1, -0.05) is 29.8 Å². The highest BCUT2D eigenvalue weighted by molar-refractivity contribution is 6.32. The normalized spacial score (nSPS) is 12.7. The molecule has 17 heavy (non-hydrogen) atoms. The predicted octanol–water partition coefficient (Wildman–Crippen LogP) is 1.93. The summed E-state index contributed by atoms with van der Waals surface area (Å²) in [4.78, 5) is 4.30. The summed E-state index contributed by atoms with van der Waals surface area (Å²) < 4.78 is 1.92. The maximum absolute atomic E-state index is 6.30. The number of rotatable bonds is 3. The van der Waals surface area contributed by atoms with Gasteiger partial charge in [0.25, 0.3) is 0 Å². The zero-order chi connectivity index (χ0) is 12.4. The van der Waals surface area contributed by atoms with Crippen molar-refractivity contribution in [2.75, 3.05) is 0 Å². The van der Waals surface area contributed by atoms with Gasteiger partial charge in [-0.3, -0.25) is 5.84 Å². The Morgan fingerprint density at radius 3 is 2.82 bits per heavy atom. The molecule has 1 heterocycles. The van der Waals surface area contributed by atoms with Crippen molar-refractivity contribution >= 4 is 11.6 Å². The minimum absolute atomic E-state index is 0.206. The molecule has 5 heteroatoms. The molecule has 0 fully saturated rings. The molecule has 1 aromatic heterocycles. The average molecular weight is 251 g/mol. The van der Waals surface area contributed by atoms with Gasteiger partial charge in [-0.15, -0.1) is 0 Å². The van der Waals surface area contributed by atoms with Crippen molar-refractivity contribution in [3.05, 3.63) is 52.6 Å². The number of aryl methyl sites for hydroxylation is 2. The van der Waals surface area contributed by atoms with Gasteiger partial charge in [0, 0.05) is 24.5 Å². The van der Waals surface area contributed by atoms with Gasteiger partial charge in [0.2, 0.25) is 0 Å². The van der Waals surface area contributed by atoms with Crippen LogP contribution in [0.5, 0.6) is 0 Å². The van der Waals surface area contributed by atoms with E-state index in [1.165, 1.54) is 0 Å². The van der Waals surface area contributed by atoms with E-state index in [1.54, 1.807) is 6.20 Å². The van der Waals surface area contributed by atoms with Crippen LogP contribution in [-0.2, 0) is 7.05 Å². The number of benzene rings is 1. The van der Waals surface area contributed by atoms with Crippen molar-refractivity contribution in [2.45, 2.75) is 13.0 Å². The third-order valence-electron chi connectivity index (χ3n) is 2.82. The van der Waals surface area contributed by atoms with Gasteiger partial charge >= 0.3 is 0 Å². The topological polar surface area (TPSA) is 55.9 Å². The van der Waals surface area contributed by atoms with Crippen LogP contribution in [0.3, 0.4) is 0 Å². The van der Waals surface area contributed by atoms with Crippen LogP contribution in [0.4, 0.5) is 0 Å². The Kier molecular flexibility index (Phi) is 3.47. The van der Waals surface area contributed by atoms with Crippen LogP contribution in [0.1, 0.15) is 23.0 Å². The fourth-order valence-electron chi connectivity index (χ4n) is 1.85. The minimum atomic E-state index is -0.206. The zero-order valence-electron chi connectivity index (χ0n) is 9.81. The number of aromatic nitrogens is 2. The number of nitrogens with zero attached hydrogens (tertiary/aromatic N) is 2. The lowest BCUT2D eigenvalue weighted by atomic mass is 10.0. The van der Waals surface area contributed by atoms with Crippen molar-refractivity contribution in [1.82, 2.24) is 15.0 Å². The zero-order valence-corrected chi connectivity index (χ0v) is 10.6.